The lowest BCUT2D eigenvalue weighted by Gasteiger charge is -2.24. The number of fused-ring (bicyclic) bond motifs is 2. The maximum absolute atomic E-state index is 13.5. The molecule has 0 saturated carbocycles. The van der Waals surface area contributed by atoms with E-state index < -0.39 is 11.9 Å². The Kier molecular flexibility index (Phi) is 5.18. The van der Waals surface area contributed by atoms with Gasteiger partial charge in [-0.15, -0.1) is 0 Å². The molecule has 3 aromatic rings. The maximum atomic E-state index is 13.5. The summed E-state index contributed by atoms with van der Waals surface area (Å²) in [6, 6.07) is 10.3. The van der Waals surface area contributed by atoms with Crippen LogP contribution in [0.1, 0.15) is 38.9 Å². The zero-order valence-corrected chi connectivity index (χ0v) is 17.0. The smallest absolute Gasteiger partial charge is 0.290 e. The van der Waals surface area contributed by atoms with E-state index in [0.29, 0.717) is 28.9 Å². The quantitative estimate of drug-likeness (QED) is 0.635. The van der Waals surface area contributed by atoms with Gasteiger partial charge in [0.05, 0.1) is 23.6 Å². The highest BCUT2D eigenvalue weighted by Gasteiger charge is 2.42. The molecule has 1 aromatic heterocycles. The Hall–Kier alpha value is -3.38. The normalized spacial score (nSPS) is 15.5. The molecule has 6 heteroatoms. The maximum Gasteiger partial charge on any atom is 0.290 e. The van der Waals surface area contributed by atoms with Crippen LogP contribution in [0.3, 0.4) is 0 Å². The first-order valence-corrected chi connectivity index (χ1v) is 9.79. The Bertz CT molecular complexity index is 1190. The number of aliphatic hydroxyl groups excluding tert-OH is 1. The molecular formula is C24H23NO5. The summed E-state index contributed by atoms with van der Waals surface area (Å²) in [5, 5.41) is 10.00. The van der Waals surface area contributed by atoms with Crippen LogP contribution in [-0.4, -0.2) is 35.7 Å². The van der Waals surface area contributed by atoms with Gasteiger partial charge in [-0.05, 0) is 48.7 Å². The monoisotopic (exact) mass is 405 g/mol. The molecule has 0 bridgehead atoms. The lowest BCUT2D eigenvalue weighted by molar-refractivity contribution is 0.0691. The number of ether oxygens (including phenoxy) is 1. The van der Waals surface area contributed by atoms with Gasteiger partial charge in [-0.25, -0.2) is 0 Å². The molecule has 0 fully saturated rings. The Morgan fingerprint density at radius 2 is 1.93 bits per heavy atom. The third-order valence-corrected chi connectivity index (χ3v) is 5.30. The fraction of sp³-hybridized carbons (Fsp3) is 0.250. The Labute approximate surface area is 174 Å². The predicted octanol–water partition coefficient (Wildman–Crippen LogP) is 3.51. The number of carbonyl (C=O) groups is 1. The molecule has 0 saturated heterocycles. The molecule has 0 aliphatic carbocycles. The fourth-order valence-corrected chi connectivity index (χ4v) is 4.06. The van der Waals surface area contributed by atoms with E-state index in [1.165, 1.54) is 4.90 Å². The van der Waals surface area contributed by atoms with Crippen LogP contribution < -0.4 is 10.2 Å². The highest BCUT2D eigenvalue weighted by atomic mass is 16.5. The van der Waals surface area contributed by atoms with Crippen LogP contribution in [0.15, 0.2) is 58.3 Å². The van der Waals surface area contributed by atoms with Crippen molar-refractivity contribution in [1.82, 2.24) is 4.90 Å². The first-order valence-electron chi connectivity index (χ1n) is 9.79. The number of β-amino-alcohol motifs (C(OH)–C–C–N with tert-alkyl or cyclic N) is 1. The molecule has 1 atom stereocenters. The van der Waals surface area contributed by atoms with Crippen molar-refractivity contribution in [1.29, 1.82) is 0 Å². The summed E-state index contributed by atoms with van der Waals surface area (Å²) in [7, 11) is 0. The van der Waals surface area contributed by atoms with Crippen molar-refractivity contribution in [2.24, 2.45) is 0 Å². The summed E-state index contributed by atoms with van der Waals surface area (Å²) in [4.78, 5) is 28.1. The first kappa shape index (κ1) is 19.9. The van der Waals surface area contributed by atoms with Crippen molar-refractivity contribution in [3.05, 3.63) is 87.3 Å². The number of benzene rings is 2. The molecule has 30 heavy (non-hydrogen) atoms. The van der Waals surface area contributed by atoms with E-state index in [0.717, 1.165) is 16.7 Å². The zero-order valence-electron chi connectivity index (χ0n) is 17.0. The molecule has 154 valence electrons. The van der Waals surface area contributed by atoms with Gasteiger partial charge in [0.25, 0.3) is 5.91 Å². The summed E-state index contributed by atoms with van der Waals surface area (Å²) in [5.41, 5.74) is 3.02. The van der Waals surface area contributed by atoms with Crippen LogP contribution in [0.2, 0.25) is 0 Å². The minimum atomic E-state index is -0.630. The second-order valence-corrected chi connectivity index (χ2v) is 7.43. The van der Waals surface area contributed by atoms with Crippen molar-refractivity contribution < 1.29 is 19.1 Å². The summed E-state index contributed by atoms with van der Waals surface area (Å²) in [6.45, 7) is 7.66. The van der Waals surface area contributed by atoms with E-state index in [4.69, 9.17) is 9.15 Å². The lowest BCUT2D eigenvalue weighted by atomic mass is 9.97. The van der Waals surface area contributed by atoms with Crippen molar-refractivity contribution in [2.75, 3.05) is 19.8 Å². The minimum Gasteiger partial charge on any atom is -0.490 e. The highest BCUT2D eigenvalue weighted by Crippen LogP contribution is 2.38. The largest absolute Gasteiger partial charge is 0.490 e. The Morgan fingerprint density at radius 1 is 1.20 bits per heavy atom. The third kappa shape index (κ3) is 3.19. The van der Waals surface area contributed by atoms with Crippen LogP contribution in [0.25, 0.3) is 11.0 Å². The van der Waals surface area contributed by atoms with Gasteiger partial charge in [-0.2, -0.15) is 0 Å². The summed E-state index contributed by atoms with van der Waals surface area (Å²) in [5.74, 6) is 0.314. The van der Waals surface area contributed by atoms with Crippen LogP contribution in [0, 0.1) is 13.8 Å². The Balaban J connectivity index is 1.91. The number of amides is 1. The fourth-order valence-electron chi connectivity index (χ4n) is 4.06. The van der Waals surface area contributed by atoms with E-state index in [2.05, 4.69) is 6.58 Å². The molecule has 1 amide bonds. The second-order valence-electron chi connectivity index (χ2n) is 7.43. The first-order chi connectivity index (χ1) is 14.5. The van der Waals surface area contributed by atoms with Crippen molar-refractivity contribution in [2.45, 2.75) is 19.9 Å². The number of aryl methyl sites for hydroxylation is 2. The van der Waals surface area contributed by atoms with Crippen LogP contribution in [-0.2, 0) is 0 Å². The predicted molar refractivity (Wildman–Crippen MR) is 114 cm³/mol. The summed E-state index contributed by atoms with van der Waals surface area (Å²) in [6.07, 6.45) is 1.66. The molecule has 4 rings (SSSR count). The standard InChI is InChI=1S/C24H23NO5/c1-4-11-29-17-7-5-16(6-8-17)20-19-21(27)18-13-14(2)12-15(3)22(18)30-23(19)24(28)25(20)9-10-26/h4-8,12-13,20,26H,1,9-11H2,2-3H3. The van der Waals surface area contributed by atoms with Gasteiger partial charge in [-0.1, -0.05) is 30.9 Å². The summed E-state index contributed by atoms with van der Waals surface area (Å²) < 4.78 is 11.5. The number of carbonyl (C=O) groups excluding carboxylic acids is 1. The van der Waals surface area contributed by atoms with Gasteiger partial charge >= 0.3 is 0 Å². The molecule has 6 nitrogen and oxygen atoms in total. The second kappa shape index (κ2) is 7.80. The number of hydrogen-bond acceptors (Lipinski definition) is 5. The zero-order chi connectivity index (χ0) is 21.4. The molecule has 1 aliphatic heterocycles. The van der Waals surface area contributed by atoms with Gasteiger partial charge in [0, 0.05) is 6.54 Å². The van der Waals surface area contributed by atoms with Crippen molar-refractivity contribution in [3.8, 4) is 5.75 Å². The van der Waals surface area contributed by atoms with E-state index >= 15 is 0 Å². The van der Waals surface area contributed by atoms with Gasteiger partial charge < -0.3 is 19.2 Å². The molecule has 0 radical (unpaired) electrons. The number of hydrogen-bond donors (Lipinski definition) is 1. The third-order valence-electron chi connectivity index (χ3n) is 5.30. The SMILES string of the molecule is C=CCOc1ccc(C2c3c(oc4c(C)cc(C)cc4c3=O)C(=O)N2CCO)cc1. The van der Waals surface area contributed by atoms with Crippen LogP contribution in [0.4, 0.5) is 0 Å². The van der Waals surface area contributed by atoms with Crippen molar-refractivity contribution in [3.63, 3.8) is 0 Å². The average molecular weight is 405 g/mol. The van der Waals surface area contributed by atoms with Gasteiger partial charge in [-0.3, -0.25) is 9.59 Å². The van der Waals surface area contributed by atoms with E-state index in [-0.39, 0.29) is 24.3 Å². The van der Waals surface area contributed by atoms with Gasteiger partial charge in [0.15, 0.2) is 5.43 Å². The van der Waals surface area contributed by atoms with Gasteiger partial charge in [0.2, 0.25) is 5.76 Å². The Morgan fingerprint density at radius 3 is 2.60 bits per heavy atom. The molecule has 0 spiro atoms. The molecule has 2 heterocycles. The number of aliphatic hydroxyl groups is 1. The van der Waals surface area contributed by atoms with Crippen LogP contribution in [0.5, 0.6) is 5.75 Å². The average Bonchev–Trinajstić information content (AvgIpc) is 3.00. The lowest BCUT2D eigenvalue weighted by Crippen LogP contribution is -2.32. The van der Waals surface area contributed by atoms with E-state index in [1.807, 2.05) is 32.0 Å². The van der Waals surface area contributed by atoms with Crippen molar-refractivity contribution >= 4 is 16.9 Å². The molecule has 1 unspecified atom stereocenters. The summed E-state index contributed by atoms with van der Waals surface area (Å²) >= 11 is 0. The highest BCUT2D eigenvalue weighted by molar-refractivity contribution is 5.99. The molecule has 1 aliphatic rings. The number of rotatable bonds is 6. The number of nitrogens with zero attached hydrogens (tertiary/aromatic N) is 1. The molecule has 1 N–H and O–H groups in total. The molecule has 2 aromatic carbocycles. The van der Waals surface area contributed by atoms with Crippen LogP contribution >= 0.6 is 0 Å². The van der Waals surface area contributed by atoms with E-state index in [9.17, 15) is 14.7 Å². The van der Waals surface area contributed by atoms with Gasteiger partial charge in [0.1, 0.15) is 17.9 Å². The van der Waals surface area contributed by atoms with E-state index in [1.54, 1.807) is 24.3 Å². The molecular weight excluding hydrogens is 382 g/mol. The minimum absolute atomic E-state index is 0.0462. The topological polar surface area (TPSA) is 80.0 Å².